The van der Waals surface area contributed by atoms with E-state index in [0.29, 0.717) is 6.29 Å². The first-order valence-electron chi connectivity index (χ1n) is 2.39. The Balaban J connectivity index is 3.91. The SMILES string of the molecule is CC(C)/C(C=O)=N\O. The third-order valence-corrected chi connectivity index (χ3v) is 0.828. The Morgan fingerprint density at radius 3 is 2.25 bits per heavy atom. The van der Waals surface area contributed by atoms with Crippen LogP contribution < -0.4 is 0 Å². The molecule has 0 aliphatic carbocycles. The molecular weight excluding hydrogens is 106 g/mol. The Kier molecular flexibility index (Phi) is 2.84. The quantitative estimate of drug-likeness (QED) is 0.249. The van der Waals surface area contributed by atoms with Gasteiger partial charge in [0.1, 0.15) is 5.71 Å². The van der Waals surface area contributed by atoms with Gasteiger partial charge in [-0.25, -0.2) is 0 Å². The summed E-state index contributed by atoms with van der Waals surface area (Å²) in [5.74, 6) is 0.0116. The molecule has 0 saturated carbocycles. The van der Waals surface area contributed by atoms with Gasteiger partial charge >= 0.3 is 0 Å². The third kappa shape index (κ3) is 1.73. The second kappa shape index (κ2) is 3.18. The van der Waals surface area contributed by atoms with Crippen LogP contribution in [0.1, 0.15) is 13.8 Å². The summed E-state index contributed by atoms with van der Waals surface area (Å²) < 4.78 is 0. The molecule has 0 heterocycles. The zero-order valence-corrected chi connectivity index (χ0v) is 4.96. The van der Waals surface area contributed by atoms with Crippen LogP contribution >= 0.6 is 0 Å². The number of oxime groups is 1. The molecule has 8 heavy (non-hydrogen) atoms. The van der Waals surface area contributed by atoms with Crippen LogP contribution in [0, 0.1) is 5.92 Å². The Hall–Kier alpha value is -0.860. The average molecular weight is 115 g/mol. The van der Waals surface area contributed by atoms with Crippen molar-refractivity contribution in [3.8, 4) is 0 Å². The summed E-state index contributed by atoms with van der Waals surface area (Å²) in [5.41, 5.74) is 0.185. The monoisotopic (exact) mass is 115 g/mol. The van der Waals surface area contributed by atoms with Crippen LogP contribution in [0.4, 0.5) is 0 Å². The van der Waals surface area contributed by atoms with Crippen molar-refractivity contribution >= 4 is 12.0 Å². The lowest BCUT2D eigenvalue weighted by Crippen LogP contribution is -2.07. The van der Waals surface area contributed by atoms with Gasteiger partial charge in [-0.05, 0) is 0 Å². The van der Waals surface area contributed by atoms with E-state index in [-0.39, 0.29) is 11.6 Å². The van der Waals surface area contributed by atoms with E-state index in [0.717, 1.165) is 0 Å². The van der Waals surface area contributed by atoms with E-state index in [9.17, 15) is 4.79 Å². The van der Waals surface area contributed by atoms with Crippen LogP contribution in [0.15, 0.2) is 5.16 Å². The largest absolute Gasteiger partial charge is 0.411 e. The maximum atomic E-state index is 9.89. The molecular formula is C5H9NO2. The standard InChI is InChI=1S/C5H9NO2/c1-4(2)5(3-7)6-8/h3-4,8H,1-2H3/b6-5-. The van der Waals surface area contributed by atoms with Gasteiger partial charge in [-0.15, -0.1) is 0 Å². The van der Waals surface area contributed by atoms with E-state index in [1.165, 1.54) is 0 Å². The van der Waals surface area contributed by atoms with Gasteiger partial charge in [-0.2, -0.15) is 0 Å². The number of carbonyl (C=O) groups excluding carboxylic acids is 1. The van der Waals surface area contributed by atoms with E-state index >= 15 is 0 Å². The number of hydrogen-bond acceptors (Lipinski definition) is 3. The van der Waals surface area contributed by atoms with Crippen LogP contribution in [-0.2, 0) is 4.79 Å². The molecule has 1 N–H and O–H groups in total. The van der Waals surface area contributed by atoms with Crippen molar-refractivity contribution in [1.82, 2.24) is 0 Å². The van der Waals surface area contributed by atoms with Crippen molar-refractivity contribution in [2.24, 2.45) is 11.1 Å². The van der Waals surface area contributed by atoms with Gasteiger partial charge in [0, 0.05) is 5.92 Å². The molecule has 0 aromatic carbocycles. The summed E-state index contributed by atoms with van der Waals surface area (Å²) in [6.45, 7) is 3.56. The van der Waals surface area contributed by atoms with Crippen LogP contribution in [0.2, 0.25) is 0 Å². The van der Waals surface area contributed by atoms with Gasteiger partial charge < -0.3 is 5.21 Å². The second-order valence-corrected chi connectivity index (χ2v) is 1.80. The topological polar surface area (TPSA) is 49.7 Å². The molecule has 0 bridgehead atoms. The summed E-state index contributed by atoms with van der Waals surface area (Å²) in [6, 6.07) is 0. The predicted octanol–water partition coefficient (Wildman–Crippen LogP) is 0.671. The molecule has 0 amide bonds. The van der Waals surface area contributed by atoms with Gasteiger partial charge in [0.25, 0.3) is 0 Å². The lowest BCUT2D eigenvalue weighted by molar-refractivity contribution is -0.103. The molecule has 0 unspecified atom stereocenters. The maximum Gasteiger partial charge on any atom is 0.167 e. The second-order valence-electron chi connectivity index (χ2n) is 1.80. The average Bonchev–Trinajstić information content (AvgIpc) is 1.69. The van der Waals surface area contributed by atoms with Gasteiger partial charge in [0.05, 0.1) is 0 Å². The van der Waals surface area contributed by atoms with Gasteiger partial charge in [0.15, 0.2) is 6.29 Å². The van der Waals surface area contributed by atoms with Crippen LogP contribution in [0.25, 0.3) is 0 Å². The molecule has 0 spiro atoms. The first-order valence-corrected chi connectivity index (χ1v) is 2.39. The summed E-state index contributed by atoms with van der Waals surface area (Å²) in [6.07, 6.45) is 0.546. The number of nitrogens with zero attached hydrogens (tertiary/aromatic N) is 1. The fourth-order valence-corrected chi connectivity index (χ4v) is 0.275. The van der Waals surface area contributed by atoms with Crippen LogP contribution in [0.5, 0.6) is 0 Å². The van der Waals surface area contributed by atoms with Crippen molar-refractivity contribution in [2.75, 3.05) is 0 Å². The highest BCUT2D eigenvalue weighted by Gasteiger charge is 2.01. The Labute approximate surface area is 48.0 Å². The van der Waals surface area contributed by atoms with E-state index < -0.39 is 0 Å². The van der Waals surface area contributed by atoms with Crippen molar-refractivity contribution in [2.45, 2.75) is 13.8 Å². The molecule has 3 nitrogen and oxygen atoms in total. The number of carbonyl (C=O) groups is 1. The highest BCUT2D eigenvalue weighted by molar-refractivity contribution is 6.28. The van der Waals surface area contributed by atoms with E-state index in [2.05, 4.69) is 5.16 Å². The Morgan fingerprint density at radius 2 is 2.25 bits per heavy atom. The maximum absolute atomic E-state index is 9.89. The molecule has 0 radical (unpaired) electrons. The zero-order chi connectivity index (χ0) is 6.57. The molecule has 0 saturated heterocycles. The highest BCUT2D eigenvalue weighted by Crippen LogP contribution is 1.91. The fraction of sp³-hybridized carbons (Fsp3) is 0.600. The molecule has 0 aromatic rings. The fourth-order valence-electron chi connectivity index (χ4n) is 0.275. The molecule has 0 aromatic heterocycles. The van der Waals surface area contributed by atoms with E-state index in [1.54, 1.807) is 13.8 Å². The molecule has 0 aliphatic rings. The summed E-state index contributed by atoms with van der Waals surface area (Å²) in [5, 5.41) is 10.8. The number of hydrogen-bond donors (Lipinski definition) is 1. The molecule has 0 fully saturated rings. The zero-order valence-electron chi connectivity index (χ0n) is 4.96. The highest BCUT2D eigenvalue weighted by atomic mass is 16.4. The first kappa shape index (κ1) is 7.14. The summed E-state index contributed by atoms with van der Waals surface area (Å²) in [7, 11) is 0. The van der Waals surface area contributed by atoms with Crippen molar-refractivity contribution in [1.29, 1.82) is 0 Å². The number of rotatable bonds is 2. The van der Waals surface area contributed by atoms with Crippen molar-refractivity contribution in [3.63, 3.8) is 0 Å². The normalized spacial score (nSPS) is 12.1. The molecule has 0 aliphatic heterocycles. The summed E-state index contributed by atoms with van der Waals surface area (Å²) in [4.78, 5) is 9.89. The molecule has 0 atom stereocenters. The Bertz CT molecular complexity index is 107. The Morgan fingerprint density at radius 1 is 1.75 bits per heavy atom. The summed E-state index contributed by atoms with van der Waals surface area (Å²) >= 11 is 0. The van der Waals surface area contributed by atoms with Gasteiger partial charge in [-0.3, -0.25) is 4.79 Å². The minimum atomic E-state index is 0.0116. The lowest BCUT2D eigenvalue weighted by Gasteiger charge is -1.95. The minimum Gasteiger partial charge on any atom is -0.411 e. The van der Waals surface area contributed by atoms with Gasteiger partial charge in [0.2, 0.25) is 0 Å². The number of aldehydes is 1. The van der Waals surface area contributed by atoms with Gasteiger partial charge in [-0.1, -0.05) is 19.0 Å². The van der Waals surface area contributed by atoms with Crippen molar-refractivity contribution < 1.29 is 10.0 Å². The van der Waals surface area contributed by atoms with E-state index in [1.807, 2.05) is 0 Å². The van der Waals surface area contributed by atoms with Crippen LogP contribution in [0.3, 0.4) is 0 Å². The lowest BCUT2D eigenvalue weighted by atomic mass is 10.1. The smallest absolute Gasteiger partial charge is 0.167 e. The predicted molar refractivity (Wildman–Crippen MR) is 30.1 cm³/mol. The molecule has 3 heteroatoms. The first-order chi connectivity index (χ1) is 3.72. The third-order valence-electron chi connectivity index (χ3n) is 0.828. The molecule has 46 valence electrons. The van der Waals surface area contributed by atoms with Crippen molar-refractivity contribution in [3.05, 3.63) is 0 Å². The van der Waals surface area contributed by atoms with Crippen LogP contribution in [-0.4, -0.2) is 17.2 Å². The van der Waals surface area contributed by atoms with E-state index in [4.69, 9.17) is 5.21 Å². The molecule has 0 rings (SSSR count). The minimum absolute atomic E-state index is 0.0116.